The van der Waals surface area contributed by atoms with Crippen molar-refractivity contribution in [1.82, 2.24) is 0 Å². The summed E-state index contributed by atoms with van der Waals surface area (Å²) in [4.78, 5) is 24.7. The van der Waals surface area contributed by atoms with Crippen LogP contribution in [0.4, 0.5) is 0 Å². The monoisotopic (exact) mass is 1180 g/mol. The van der Waals surface area contributed by atoms with E-state index < -0.39 is 6.10 Å². The first kappa shape index (κ1) is 81.6. The van der Waals surface area contributed by atoms with Crippen molar-refractivity contribution in [3.05, 3.63) is 60.8 Å². The van der Waals surface area contributed by atoms with Gasteiger partial charge in [-0.05, 0) is 77.0 Å². The second kappa shape index (κ2) is 74.9. The molecule has 84 heavy (non-hydrogen) atoms. The van der Waals surface area contributed by atoms with E-state index in [0.717, 1.165) is 57.8 Å². The fraction of sp³-hybridized carbons (Fsp3) is 0.848. The smallest absolute Gasteiger partial charge is 0.306 e. The van der Waals surface area contributed by atoms with Gasteiger partial charge >= 0.3 is 11.9 Å². The van der Waals surface area contributed by atoms with Gasteiger partial charge in [-0.2, -0.15) is 0 Å². The van der Waals surface area contributed by atoms with E-state index >= 15 is 0 Å². The van der Waals surface area contributed by atoms with Crippen molar-refractivity contribution >= 4 is 11.9 Å². The lowest BCUT2D eigenvalue weighted by Gasteiger charge is -2.15. The van der Waals surface area contributed by atoms with E-state index in [1.807, 2.05) is 0 Å². The molecule has 492 valence electrons. The molecule has 0 aliphatic rings. The van der Waals surface area contributed by atoms with Crippen LogP contribution in [0.5, 0.6) is 0 Å². The van der Waals surface area contributed by atoms with Crippen LogP contribution in [-0.2, 0) is 19.1 Å². The molecule has 0 saturated carbocycles. The molecule has 0 rings (SSSR count). The summed E-state index contributed by atoms with van der Waals surface area (Å²) in [5.74, 6) is -0.565. The second-order valence-corrected chi connectivity index (χ2v) is 25.7. The molecule has 0 bridgehead atoms. The van der Waals surface area contributed by atoms with Crippen LogP contribution in [0.3, 0.4) is 0 Å². The maximum absolute atomic E-state index is 12.4. The summed E-state index contributed by atoms with van der Waals surface area (Å²) >= 11 is 0. The minimum Gasteiger partial charge on any atom is -0.462 e. The van der Waals surface area contributed by atoms with Gasteiger partial charge in [0.05, 0.1) is 6.61 Å². The molecular weight excluding hydrogens is 1030 g/mol. The van der Waals surface area contributed by atoms with E-state index in [1.165, 1.54) is 327 Å². The summed E-state index contributed by atoms with van der Waals surface area (Å²) < 4.78 is 10.8. The van der Waals surface area contributed by atoms with Crippen LogP contribution in [0.25, 0.3) is 0 Å². The molecule has 0 heterocycles. The number of carbonyl (C=O) groups is 2. The largest absolute Gasteiger partial charge is 0.462 e. The zero-order valence-corrected chi connectivity index (χ0v) is 56.7. The molecule has 1 unspecified atom stereocenters. The molecule has 1 atom stereocenters. The molecule has 0 aromatic heterocycles. The van der Waals surface area contributed by atoms with Gasteiger partial charge in [0.25, 0.3) is 0 Å². The fourth-order valence-electron chi connectivity index (χ4n) is 11.7. The minimum absolute atomic E-state index is 0.0596. The maximum Gasteiger partial charge on any atom is 0.306 e. The van der Waals surface area contributed by atoms with E-state index in [-0.39, 0.29) is 25.2 Å². The zero-order chi connectivity index (χ0) is 60.5. The van der Waals surface area contributed by atoms with E-state index in [0.29, 0.717) is 12.8 Å². The number of hydrogen-bond donors (Lipinski definition) is 1. The van der Waals surface area contributed by atoms with Crippen molar-refractivity contribution in [2.24, 2.45) is 0 Å². The van der Waals surface area contributed by atoms with E-state index in [4.69, 9.17) is 9.47 Å². The SMILES string of the molecule is CC/C=C\C/C=C\C/C=C\C/C=C\CCCCCCCCCCCCCCCCCCCCCCCCCCC(=O)OC(CO)COC(=O)CCCCCCCCCCCCCCCCCCCCCCC/C=C\CCCCCCCCCC. The zero-order valence-electron chi connectivity index (χ0n) is 56.7. The standard InChI is InChI=1S/C79H146O5/c1-3-5-7-9-11-13-15-17-19-21-23-25-27-29-31-33-35-37-38-39-40-42-44-46-48-50-52-54-56-58-60-62-64-66-68-70-72-74-79(82)84-77(75-80)76-83-78(81)73-71-69-67-65-63-61-59-57-55-53-51-49-47-45-43-41-36-34-32-30-28-26-24-22-20-18-16-14-12-10-8-6-4-2/h5,7,11,13,17,19,22-25,77,80H,3-4,6,8-10,12,14-16,18,20-21,26-76H2,1-2H3/b7-5-,13-11-,19-17-,24-22-,25-23-. The molecule has 0 aliphatic heterocycles. The Balaban J connectivity index is 3.37. The summed E-state index contributed by atoms with van der Waals surface area (Å²) in [6.45, 7) is 4.09. The molecule has 0 aromatic carbocycles. The quantitative estimate of drug-likeness (QED) is 0.0373. The second-order valence-electron chi connectivity index (χ2n) is 25.7. The Labute approximate surface area is 525 Å². The third kappa shape index (κ3) is 72.1. The minimum atomic E-state index is -0.771. The Hall–Kier alpha value is -2.40. The number of aliphatic hydroxyl groups excluding tert-OH is 1. The number of aliphatic hydroxyl groups is 1. The lowest BCUT2D eigenvalue weighted by atomic mass is 10.0. The highest BCUT2D eigenvalue weighted by Gasteiger charge is 2.16. The van der Waals surface area contributed by atoms with Crippen molar-refractivity contribution in [1.29, 1.82) is 0 Å². The van der Waals surface area contributed by atoms with Crippen molar-refractivity contribution in [3.63, 3.8) is 0 Å². The Bertz CT molecular complexity index is 1430. The molecule has 0 aliphatic carbocycles. The number of rotatable bonds is 71. The summed E-state index contributed by atoms with van der Waals surface area (Å²) in [5, 5.41) is 9.72. The lowest BCUT2D eigenvalue weighted by Crippen LogP contribution is -2.28. The van der Waals surface area contributed by atoms with Gasteiger partial charge in [0.2, 0.25) is 0 Å². The van der Waals surface area contributed by atoms with Gasteiger partial charge in [-0.25, -0.2) is 0 Å². The first-order valence-electron chi connectivity index (χ1n) is 37.8. The topological polar surface area (TPSA) is 72.8 Å². The lowest BCUT2D eigenvalue weighted by molar-refractivity contribution is -0.161. The number of hydrogen-bond acceptors (Lipinski definition) is 5. The molecule has 0 spiro atoms. The molecule has 0 aromatic rings. The molecule has 0 amide bonds. The number of unbranched alkanes of at least 4 members (excludes halogenated alkanes) is 53. The van der Waals surface area contributed by atoms with Crippen LogP contribution in [0.2, 0.25) is 0 Å². The van der Waals surface area contributed by atoms with Gasteiger partial charge in [0, 0.05) is 12.8 Å². The van der Waals surface area contributed by atoms with Crippen LogP contribution in [0.1, 0.15) is 412 Å². The van der Waals surface area contributed by atoms with Crippen LogP contribution >= 0.6 is 0 Å². The number of esters is 2. The third-order valence-corrected chi connectivity index (χ3v) is 17.3. The van der Waals surface area contributed by atoms with Crippen molar-refractivity contribution in [2.45, 2.75) is 418 Å². The van der Waals surface area contributed by atoms with Gasteiger partial charge in [-0.3, -0.25) is 9.59 Å². The van der Waals surface area contributed by atoms with Crippen molar-refractivity contribution in [2.75, 3.05) is 13.2 Å². The summed E-state index contributed by atoms with van der Waals surface area (Å²) in [7, 11) is 0. The Morgan fingerprint density at radius 1 is 0.286 bits per heavy atom. The van der Waals surface area contributed by atoms with Crippen LogP contribution < -0.4 is 0 Å². The van der Waals surface area contributed by atoms with Gasteiger partial charge in [-0.15, -0.1) is 0 Å². The Morgan fingerprint density at radius 2 is 0.512 bits per heavy atom. The van der Waals surface area contributed by atoms with Gasteiger partial charge in [-0.1, -0.05) is 383 Å². The van der Waals surface area contributed by atoms with Crippen LogP contribution in [-0.4, -0.2) is 36.4 Å². The van der Waals surface area contributed by atoms with E-state index in [2.05, 4.69) is 74.6 Å². The highest BCUT2D eigenvalue weighted by Crippen LogP contribution is 2.19. The summed E-state index contributed by atoms with van der Waals surface area (Å²) in [6, 6.07) is 0. The first-order valence-corrected chi connectivity index (χ1v) is 37.8. The normalized spacial score (nSPS) is 12.5. The molecule has 0 fully saturated rings. The van der Waals surface area contributed by atoms with Crippen LogP contribution in [0, 0.1) is 0 Å². The molecular formula is C79H146O5. The predicted octanol–water partition coefficient (Wildman–Crippen LogP) is 26.4. The highest BCUT2D eigenvalue weighted by atomic mass is 16.6. The molecule has 1 N–H and O–H groups in total. The van der Waals surface area contributed by atoms with Gasteiger partial charge < -0.3 is 14.6 Å². The first-order chi connectivity index (χ1) is 41.6. The number of allylic oxidation sites excluding steroid dienone is 10. The number of ether oxygens (including phenoxy) is 2. The fourth-order valence-corrected chi connectivity index (χ4v) is 11.7. The predicted molar refractivity (Wildman–Crippen MR) is 371 cm³/mol. The summed E-state index contributed by atoms with van der Waals surface area (Å²) in [6.07, 6.45) is 103. The average Bonchev–Trinajstić information content (AvgIpc) is 3.51. The maximum atomic E-state index is 12.4. The van der Waals surface area contributed by atoms with Gasteiger partial charge in [0.15, 0.2) is 6.10 Å². The summed E-state index contributed by atoms with van der Waals surface area (Å²) in [5.41, 5.74) is 0. The Kier molecular flexibility index (Phi) is 72.7. The van der Waals surface area contributed by atoms with Crippen LogP contribution in [0.15, 0.2) is 60.8 Å². The third-order valence-electron chi connectivity index (χ3n) is 17.3. The molecule has 0 saturated heterocycles. The van der Waals surface area contributed by atoms with E-state index in [9.17, 15) is 14.7 Å². The van der Waals surface area contributed by atoms with Crippen molar-refractivity contribution in [3.8, 4) is 0 Å². The average molecular weight is 1180 g/mol. The van der Waals surface area contributed by atoms with Gasteiger partial charge in [0.1, 0.15) is 6.61 Å². The molecule has 5 nitrogen and oxygen atoms in total. The Morgan fingerprint density at radius 3 is 0.786 bits per heavy atom. The van der Waals surface area contributed by atoms with Crippen molar-refractivity contribution < 1.29 is 24.2 Å². The van der Waals surface area contributed by atoms with E-state index in [1.54, 1.807) is 0 Å². The highest BCUT2D eigenvalue weighted by molar-refractivity contribution is 5.70. The molecule has 0 radical (unpaired) electrons. The number of carbonyl (C=O) groups excluding carboxylic acids is 2. The molecule has 5 heteroatoms.